The molecular formula is C51H67N3O11. The number of nitrogens with one attached hydrogen (secondary N) is 1. The van der Waals surface area contributed by atoms with Crippen molar-refractivity contribution in [2.75, 3.05) is 45.9 Å². The predicted octanol–water partition coefficient (Wildman–Crippen LogP) is 9.80. The number of nitrogens with zero attached hydrogens (tertiary/aromatic N) is 2. The van der Waals surface area contributed by atoms with Crippen LogP contribution in [0.1, 0.15) is 96.1 Å². The van der Waals surface area contributed by atoms with E-state index < -0.39 is 35.5 Å². The number of hydrogen-bond acceptors (Lipinski definition) is 12. The second-order valence-electron chi connectivity index (χ2n) is 17.8. The number of fused-ring (bicyclic) bond motifs is 2. The maximum absolute atomic E-state index is 14.6. The zero-order valence-corrected chi connectivity index (χ0v) is 38.8. The van der Waals surface area contributed by atoms with Crippen molar-refractivity contribution in [1.82, 2.24) is 4.90 Å². The van der Waals surface area contributed by atoms with Crippen LogP contribution in [-0.4, -0.2) is 91.0 Å². The van der Waals surface area contributed by atoms with Gasteiger partial charge in [0.1, 0.15) is 41.2 Å². The second kappa shape index (κ2) is 22.6. The van der Waals surface area contributed by atoms with Gasteiger partial charge in [0.2, 0.25) is 5.79 Å². The molecule has 0 saturated heterocycles. The fourth-order valence-corrected chi connectivity index (χ4v) is 9.47. The molecule has 1 fully saturated rings. The molecule has 6 atom stereocenters. The molecule has 14 nitrogen and oxygen atoms in total. The zero-order chi connectivity index (χ0) is 46.6. The number of anilines is 1. The Hall–Kier alpha value is -5.57. The van der Waals surface area contributed by atoms with Crippen LogP contribution in [0.2, 0.25) is 0 Å². The van der Waals surface area contributed by atoms with Crippen molar-refractivity contribution in [2.24, 2.45) is 22.9 Å². The minimum atomic E-state index is -1.48. The molecule has 3 aromatic rings. The number of ether oxygens (including phenoxy) is 6. The number of unbranched alkanes of at least 4 members (excludes halogenated alkanes) is 2. The van der Waals surface area contributed by atoms with Crippen molar-refractivity contribution in [3.05, 3.63) is 102 Å². The van der Waals surface area contributed by atoms with Crippen molar-refractivity contribution < 1.29 is 53.1 Å². The third-order valence-electron chi connectivity index (χ3n) is 12.2. The largest absolute Gasteiger partial charge is 0.497 e. The van der Waals surface area contributed by atoms with Crippen LogP contribution in [0.3, 0.4) is 0 Å². The van der Waals surface area contributed by atoms with Gasteiger partial charge in [0.15, 0.2) is 0 Å². The summed E-state index contributed by atoms with van der Waals surface area (Å²) in [5.41, 5.74) is 2.99. The van der Waals surface area contributed by atoms with Crippen molar-refractivity contribution in [3.8, 4) is 23.0 Å². The third kappa shape index (κ3) is 11.6. The van der Waals surface area contributed by atoms with Gasteiger partial charge in [-0.25, -0.2) is 9.59 Å². The highest BCUT2D eigenvalue weighted by Gasteiger charge is 2.65. The molecule has 2 aliphatic carbocycles. The van der Waals surface area contributed by atoms with Gasteiger partial charge in [-0.05, 0) is 106 Å². The Balaban J connectivity index is 1.52. The lowest BCUT2D eigenvalue weighted by molar-refractivity contribution is -0.255. The van der Waals surface area contributed by atoms with Crippen LogP contribution in [0.15, 0.2) is 96.2 Å². The van der Waals surface area contributed by atoms with E-state index >= 15 is 0 Å². The highest BCUT2D eigenvalue weighted by Crippen LogP contribution is 2.62. The van der Waals surface area contributed by atoms with Crippen LogP contribution in [0.5, 0.6) is 23.0 Å². The Kier molecular flexibility index (Phi) is 17.0. The normalized spacial score (nSPS) is 22.6. The van der Waals surface area contributed by atoms with E-state index in [4.69, 9.17) is 38.4 Å². The number of benzene rings is 3. The molecule has 0 unspecified atom stereocenters. The topological polar surface area (TPSA) is 167 Å². The molecule has 1 saturated carbocycles. The van der Waals surface area contributed by atoms with E-state index in [0.29, 0.717) is 54.5 Å². The molecule has 2 amide bonds. The SMILES string of the molecule is C=CCO[C@@]12Oc3ccc(OC(=O)Nc4ccc(OC)cc4OC)cc3[C@H]3[C@H](CCCCO)[C@@H](CCCCO)C=C(C(=NOC(C)(C)C)C[C@@H]1N(CCC)C(=O)OCc1ccccc1)[C@H]32. The number of amides is 2. The van der Waals surface area contributed by atoms with Gasteiger partial charge in [0, 0.05) is 43.7 Å². The fraction of sp³-hybridized carbons (Fsp3) is 0.510. The molecule has 0 spiro atoms. The smallest absolute Gasteiger partial charge is 0.417 e. The molecule has 1 heterocycles. The summed E-state index contributed by atoms with van der Waals surface area (Å²) in [6, 6.07) is 19.2. The molecule has 1 aliphatic heterocycles. The van der Waals surface area contributed by atoms with Gasteiger partial charge in [-0.3, -0.25) is 10.2 Å². The predicted molar refractivity (Wildman–Crippen MR) is 249 cm³/mol. The number of oxime groups is 1. The standard InChI is InChI=1S/C51H67N3O11/c1-8-25-54(49(58)61-33-34-17-11-10-12-18-34)45-32-42(53-65-50(3,4)5)39-29-35(19-13-15-26-55)38(20-14-16-27-56)46-40-30-37(22-24-43(40)64-51(45,47(39)46)62-28-9-2)63-48(57)52-41-23-21-36(59-6)31-44(41)60-7/h9-12,17-18,21-24,29-31,35,38,45-47,55-56H,2,8,13-16,19-20,25-28,32-33H2,1,3-7H3,(H,52,57)/t35-,38+,45-,46+,47+,51+/m0/s1. The van der Waals surface area contributed by atoms with E-state index in [1.807, 2.05) is 64.1 Å². The molecule has 0 aromatic heterocycles. The third-order valence-corrected chi connectivity index (χ3v) is 12.2. The average molecular weight is 898 g/mol. The summed E-state index contributed by atoms with van der Waals surface area (Å²) in [5.74, 6) is -0.623. The highest BCUT2D eigenvalue weighted by atomic mass is 16.7. The van der Waals surface area contributed by atoms with Crippen molar-refractivity contribution in [3.63, 3.8) is 0 Å². The summed E-state index contributed by atoms with van der Waals surface area (Å²) in [4.78, 5) is 36.1. The summed E-state index contributed by atoms with van der Waals surface area (Å²) in [6.45, 7) is 12.5. The van der Waals surface area contributed by atoms with E-state index in [1.54, 1.807) is 48.4 Å². The number of methoxy groups -OCH3 is 2. The number of aliphatic hydroxyl groups is 2. The number of rotatable bonds is 21. The van der Waals surface area contributed by atoms with E-state index in [-0.39, 0.29) is 56.4 Å². The lowest BCUT2D eigenvalue weighted by atomic mass is 9.55. The van der Waals surface area contributed by atoms with Crippen LogP contribution in [0.4, 0.5) is 15.3 Å². The van der Waals surface area contributed by atoms with E-state index in [1.165, 1.54) is 7.11 Å². The van der Waals surface area contributed by atoms with Gasteiger partial charge < -0.3 is 43.5 Å². The van der Waals surface area contributed by atoms with Gasteiger partial charge in [-0.15, -0.1) is 6.58 Å². The van der Waals surface area contributed by atoms with Crippen LogP contribution < -0.4 is 24.3 Å². The number of carbonyl (C=O) groups excluding carboxylic acids is 2. The van der Waals surface area contributed by atoms with Crippen molar-refractivity contribution in [1.29, 1.82) is 0 Å². The first-order valence-corrected chi connectivity index (χ1v) is 22.8. The molecular weight excluding hydrogens is 831 g/mol. The maximum atomic E-state index is 14.6. The van der Waals surface area contributed by atoms with Gasteiger partial charge in [0.05, 0.1) is 38.1 Å². The number of aliphatic hydroxyl groups excluding tert-OH is 2. The Morgan fingerprint density at radius 3 is 2.38 bits per heavy atom. The van der Waals surface area contributed by atoms with E-state index in [9.17, 15) is 19.8 Å². The summed E-state index contributed by atoms with van der Waals surface area (Å²) < 4.78 is 37.3. The first-order chi connectivity index (χ1) is 31.4. The minimum absolute atomic E-state index is 0.00827. The van der Waals surface area contributed by atoms with Gasteiger partial charge in [-0.2, -0.15) is 0 Å². The van der Waals surface area contributed by atoms with E-state index in [2.05, 4.69) is 18.0 Å². The Morgan fingerprint density at radius 1 is 0.969 bits per heavy atom. The van der Waals surface area contributed by atoms with E-state index in [0.717, 1.165) is 42.4 Å². The summed E-state index contributed by atoms with van der Waals surface area (Å²) in [6.07, 6.45) is 7.87. The molecule has 3 N–H and O–H groups in total. The minimum Gasteiger partial charge on any atom is -0.497 e. The quantitative estimate of drug-likeness (QED) is 0.0529. The van der Waals surface area contributed by atoms with Crippen molar-refractivity contribution >= 4 is 23.6 Å². The van der Waals surface area contributed by atoms with Crippen LogP contribution >= 0.6 is 0 Å². The molecule has 3 aliphatic rings. The molecule has 3 aromatic carbocycles. The monoisotopic (exact) mass is 897 g/mol. The van der Waals surface area contributed by atoms with Gasteiger partial charge in [-0.1, -0.05) is 67.4 Å². The lowest BCUT2D eigenvalue weighted by Crippen LogP contribution is -2.70. The molecule has 0 radical (unpaired) electrons. The summed E-state index contributed by atoms with van der Waals surface area (Å²) >= 11 is 0. The lowest BCUT2D eigenvalue weighted by Gasteiger charge is -2.60. The Morgan fingerprint density at radius 2 is 1.71 bits per heavy atom. The average Bonchev–Trinajstić information content (AvgIpc) is 3.30. The first-order valence-electron chi connectivity index (χ1n) is 22.8. The van der Waals surface area contributed by atoms with Gasteiger partial charge >= 0.3 is 12.2 Å². The molecule has 14 heteroatoms. The van der Waals surface area contributed by atoms with Gasteiger partial charge in [0.25, 0.3) is 0 Å². The molecule has 352 valence electrons. The summed E-state index contributed by atoms with van der Waals surface area (Å²) in [5, 5.41) is 27.6. The Labute approximate surface area is 383 Å². The maximum Gasteiger partial charge on any atom is 0.417 e. The van der Waals surface area contributed by atoms with Crippen LogP contribution in [0, 0.1) is 17.8 Å². The fourth-order valence-electron chi connectivity index (χ4n) is 9.47. The highest BCUT2D eigenvalue weighted by molar-refractivity contribution is 6.03. The van der Waals surface area contributed by atoms with Crippen LogP contribution in [0.25, 0.3) is 0 Å². The Bertz CT molecular complexity index is 2140. The summed E-state index contributed by atoms with van der Waals surface area (Å²) in [7, 11) is 3.05. The number of hydrogen-bond donors (Lipinski definition) is 3. The molecule has 6 rings (SSSR count). The second-order valence-corrected chi connectivity index (χ2v) is 17.8. The molecule has 65 heavy (non-hydrogen) atoms. The van der Waals surface area contributed by atoms with Crippen LogP contribution in [-0.2, 0) is 20.9 Å². The van der Waals surface area contributed by atoms with Crippen molar-refractivity contribution in [2.45, 2.75) is 109 Å². The number of carbonyl (C=O) groups is 2. The molecule has 0 bridgehead atoms. The first kappa shape index (κ1) is 48.9. The number of allylic oxidation sites excluding steroid dienone is 1. The zero-order valence-electron chi connectivity index (χ0n) is 38.8.